The molecule has 2 N–H and O–H groups in total. The van der Waals surface area contributed by atoms with E-state index in [1.807, 2.05) is 19.1 Å². The number of benzene rings is 1. The molecule has 0 spiro atoms. The fourth-order valence-electron chi connectivity index (χ4n) is 2.12. The number of hydrogen-bond acceptors (Lipinski definition) is 3. The van der Waals surface area contributed by atoms with Gasteiger partial charge in [-0.3, -0.25) is 4.40 Å². The Morgan fingerprint density at radius 3 is 2.79 bits per heavy atom. The van der Waals surface area contributed by atoms with Gasteiger partial charge < -0.3 is 5.73 Å². The maximum absolute atomic E-state index is 6.08. The van der Waals surface area contributed by atoms with Crippen LogP contribution in [0.3, 0.4) is 0 Å². The molecule has 0 aliphatic carbocycles. The van der Waals surface area contributed by atoms with Crippen molar-refractivity contribution in [3.05, 3.63) is 45.0 Å². The second-order valence-electron chi connectivity index (χ2n) is 4.22. The van der Waals surface area contributed by atoms with Crippen LogP contribution in [0.15, 0.2) is 23.6 Å². The van der Waals surface area contributed by atoms with Crippen molar-refractivity contribution in [2.45, 2.75) is 13.5 Å². The van der Waals surface area contributed by atoms with Gasteiger partial charge in [-0.25, -0.2) is 4.98 Å². The van der Waals surface area contributed by atoms with Gasteiger partial charge in [0.05, 0.1) is 27.1 Å². The fraction of sp³-hybridized carbons (Fsp3) is 0.154. The molecule has 3 nitrogen and oxygen atoms in total. The van der Waals surface area contributed by atoms with Crippen LogP contribution in [0, 0.1) is 6.92 Å². The first-order chi connectivity index (χ1) is 9.11. The quantitative estimate of drug-likeness (QED) is 0.773. The van der Waals surface area contributed by atoms with Gasteiger partial charge in [-0.1, -0.05) is 29.3 Å². The van der Waals surface area contributed by atoms with E-state index < -0.39 is 0 Å². The molecule has 0 aliphatic heterocycles. The van der Waals surface area contributed by atoms with Crippen molar-refractivity contribution in [3.8, 4) is 11.3 Å². The third-order valence-electron chi connectivity index (χ3n) is 3.07. The van der Waals surface area contributed by atoms with Crippen molar-refractivity contribution in [1.29, 1.82) is 0 Å². The van der Waals surface area contributed by atoms with Crippen LogP contribution in [0.25, 0.3) is 16.2 Å². The molecule has 0 aliphatic rings. The summed E-state index contributed by atoms with van der Waals surface area (Å²) in [7, 11) is 0. The summed E-state index contributed by atoms with van der Waals surface area (Å²) in [5, 5.41) is 3.16. The normalized spacial score (nSPS) is 11.4. The zero-order valence-electron chi connectivity index (χ0n) is 10.2. The molecule has 0 fully saturated rings. The number of nitrogens with two attached hydrogens (primary N) is 1. The van der Waals surface area contributed by atoms with Crippen molar-refractivity contribution in [3.63, 3.8) is 0 Å². The first-order valence-corrected chi connectivity index (χ1v) is 7.36. The van der Waals surface area contributed by atoms with E-state index in [-0.39, 0.29) is 0 Å². The van der Waals surface area contributed by atoms with E-state index in [0.717, 1.165) is 27.6 Å². The Kier molecular flexibility index (Phi) is 3.27. The number of aryl methyl sites for hydroxylation is 1. The van der Waals surface area contributed by atoms with Crippen molar-refractivity contribution >= 4 is 39.5 Å². The molecule has 98 valence electrons. The summed E-state index contributed by atoms with van der Waals surface area (Å²) in [4.78, 5) is 5.46. The van der Waals surface area contributed by atoms with Crippen LogP contribution >= 0.6 is 34.5 Å². The molecule has 0 bridgehead atoms. The van der Waals surface area contributed by atoms with Crippen LogP contribution in [0.2, 0.25) is 10.0 Å². The highest BCUT2D eigenvalue weighted by Crippen LogP contribution is 2.32. The van der Waals surface area contributed by atoms with Crippen molar-refractivity contribution < 1.29 is 0 Å². The SMILES string of the molecule is Cc1nc2scc(-c3ccc(Cl)c(Cl)c3)n2c1CN. The maximum atomic E-state index is 6.08. The van der Waals surface area contributed by atoms with Gasteiger partial charge in [-0.15, -0.1) is 11.3 Å². The predicted molar refractivity (Wildman–Crippen MR) is 81.2 cm³/mol. The zero-order valence-corrected chi connectivity index (χ0v) is 12.5. The van der Waals surface area contributed by atoms with Gasteiger partial charge in [-0.05, 0) is 19.1 Å². The minimum atomic E-state index is 0.456. The first-order valence-electron chi connectivity index (χ1n) is 5.72. The molecule has 2 heterocycles. The molecule has 3 rings (SSSR count). The Morgan fingerprint density at radius 2 is 2.11 bits per heavy atom. The zero-order chi connectivity index (χ0) is 13.6. The molecule has 1 aromatic carbocycles. The van der Waals surface area contributed by atoms with Gasteiger partial charge in [0.15, 0.2) is 4.96 Å². The van der Waals surface area contributed by atoms with Gasteiger partial charge >= 0.3 is 0 Å². The number of hydrogen-bond donors (Lipinski definition) is 1. The highest BCUT2D eigenvalue weighted by atomic mass is 35.5. The third-order valence-corrected chi connectivity index (χ3v) is 4.63. The molecule has 0 saturated heterocycles. The summed E-state index contributed by atoms with van der Waals surface area (Å²) in [6.45, 7) is 2.43. The van der Waals surface area contributed by atoms with Crippen molar-refractivity contribution in [2.75, 3.05) is 0 Å². The average molecular weight is 312 g/mol. The Balaban J connectivity index is 2.27. The Morgan fingerprint density at radius 1 is 1.32 bits per heavy atom. The van der Waals surface area contributed by atoms with E-state index in [2.05, 4.69) is 14.8 Å². The molecule has 0 atom stereocenters. The Bertz CT molecular complexity index is 761. The molecule has 3 aromatic rings. The topological polar surface area (TPSA) is 43.3 Å². The molecule has 2 aromatic heterocycles. The van der Waals surface area contributed by atoms with Gasteiger partial charge in [0.25, 0.3) is 0 Å². The van der Waals surface area contributed by atoms with Gasteiger partial charge in [0.2, 0.25) is 0 Å². The van der Waals surface area contributed by atoms with E-state index >= 15 is 0 Å². The number of rotatable bonds is 2. The van der Waals surface area contributed by atoms with Crippen LogP contribution in [0.5, 0.6) is 0 Å². The number of halogens is 2. The van der Waals surface area contributed by atoms with E-state index in [1.54, 1.807) is 17.4 Å². The standard InChI is InChI=1S/C13H11Cl2N3S/c1-7-11(5-16)18-12(6-19-13(18)17-7)8-2-3-9(14)10(15)4-8/h2-4,6H,5,16H2,1H3. The van der Waals surface area contributed by atoms with E-state index in [1.165, 1.54) is 0 Å². The summed E-state index contributed by atoms with van der Waals surface area (Å²) in [5.41, 5.74) is 9.86. The minimum Gasteiger partial charge on any atom is -0.325 e. The number of imidazole rings is 1. The summed E-state index contributed by atoms with van der Waals surface area (Å²) in [5.74, 6) is 0. The second-order valence-corrected chi connectivity index (χ2v) is 5.87. The first kappa shape index (κ1) is 12.9. The smallest absolute Gasteiger partial charge is 0.194 e. The molecule has 0 unspecified atom stereocenters. The molecule has 0 saturated carbocycles. The number of thiazole rings is 1. The van der Waals surface area contributed by atoms with Crippen LogP contribution < -0.4 is 5.73 Å². The Hall–Kier alpha value is -1.07. The van der Waals surface area contributed by atoms with Crippen molar-refractivity contribution in [2.24, 2.45) is 5.73 Å². The average Bonchev–Trinajstić information content (AvgIpc) is 2.90. The molecule has 0 radical (unpaired) electrons. The molecule has 0 amide bonds. The summed E-state index contributed by atoms with van der Waals surface area (Å²) in [6.07, 6.45) is 0. The largest absolute Gasteiger partial charge is 0.325 e. The fourth-order valence-corrected chi connectivity index (χ4v) is 3.38. The van der Waals surface area contributed by atoms with Crippen LogP contribution in [0.1, 0.15) is 11.4 Å². The van der Waals surface area contributed by atoms with E-state index in [4.69, 9.17) is 28.9 Å². The second kappa shape index (κ2) is 4.80. The maximum Gasteiger partial charge on any atom is 0.194 e. The number of nitrogens with zero attached hydrogens (tertiary/aromatic N) is 2. The highest BCUT2D eigenvalue weighted by Gasteiger charge is 2.14. The number of fused-ring (bicyclic) bond motifs is 1. The van der Waals surface area contributed by atoms with Gasteiger partial charge in [0, 0.05) is 17.5 Å². The van der Waals surface area contributed by atoms with Gasteiger partial charge in [-0.2, -0.15) is 0 Å². The molecular weight excluding hydrogens is 301 g/mol. The lowest BCUT2D eigenvalue weighted by molar-refractivity contribution is 0.953. The predicted octanol–water partition coefficient (Wildman–Crippen LogP) is 4.14. The molecule has 19 heavy (non-hydrogen) atoms. The van der Waals surface area contributed by atoms with Crippen molar-refractivity contribution in [1.82, 2.24) is 9.38 Å². The van der Waals surface area contributed by atoms with E-state index in [9.17, 15) is 0 Å². The molecular formula is C13H11Cl2N3S. The van der Waals surface area contributed by atoms with Crippen LogP contribution in [0.4, 0.5) is 0 Å². The molecule has 6 heteroatoms. The Labute approximate surface area is 124 Å². The minimum absolute atomic E-state index is 0.456. The monoisotopic (exact) mass is 311 g/mol. The third kappa shape index (κ3) is 2.05. The lowest BCUT2D eigenvalue weighted by atomic mass is 10.2. The lowest BCUT2D eigenvalue weighted by Crippen LogP contribution is -2.03. The van der Waals surface area contributed by atoms with Gasteiger partial charge in [0.1, 0.15) is 0 Å². The lowest BCUT2D eigenvalue weighted by Gasteiger charge is -2.05. The van der Waals surface area contributed by atoms with Crippen LogP contribution in [-0.4, -0.2) is 9.38 Å². The summed E-state index contributed by atoms with van der Waals surface area (Å²) >= 11 is 13.6. The van der Waals surface area contributed by atoms with Crippen LogP contribution in [-0.2, 0) is 6.54 Å². The summed E-state index contributed by atoms with van der Waals surface area (Å²) in [6, 6.07) is 5.61. The highest BCUT2D eigenvalue weighted by molar-refractivity contribution is 7.15. The summed E-state index contributed by atoms with van der Waals surface area (Å²) < 4.78 is 2.08. The van der Waals surface area contributed by atoms with E-state index in [0.29, 0.717) is 16.6 Å². The number of aromatic nitrogens is 2.